The van der Waals surface area contributed by atoms with E-state index in [1.54, 1.807) is 0 Å². The van der Waals surface area contributed by atoms with Gasteiger partial charge < -0.3 is 32.5 Å². The maximum atomic E-state index is 10.3. The fraction of sp³-hybridized carbons (Fsp3) is 0.571. The molecule has 0 aromatic carbocycles. The Hall–Kier alpha value is -1.17. The molecule has 2 atom stereocenters. The average Bonchev–Trinajstić information content (AvgIpc) is 2.22. The van der Waals surface area contributed by atoms with Crippen LogP contribution in [0.2, 0.25) is 0 Å². The van der Waals surface area contributed by atoms with Crippen LogP contribution >= 0.6 is 21.6 Å². The summed E-state index contributed by atoms with van der Waals surface area (Å²) < 4.78 is 0. The lowest BCUT2D eigenvalue weighted by Crippen LogP contribution is -2.33. The maximum absolute atomic E-state index is 10.3. The van der Waals surface area contributed by atoms with E-state index >= 15 is 0 Å². The quantitative estimate of drug-likeness (QED) is 0.246. The molecule has 0 rings (SSSR count). The average molecular weight is 301 g/mol. The van der Waals surface area contributed by atoms with Gasteiger partial charge in [0.15, 0.2) is 0 Å². The van der Waals surface area contributed by atoms with E-state index in [4.69, 9.17) is 31.6 Å². The maximum Gasteiger partial charge on any atom is 0.402 e. The second-order valence-electron chi connectivity index (χ2n) is 2.80. The van der Waals surface area contributed by atoms with E-state index in [1.165, 1.54) is 21.6 Å². The summed E-state index contributed by atoms with van der Waals surface area (Å²) in [5, 5.41) is 24.0. The Labute approximate surface area is 110 Å². The summed E-state index contributed by atoms with van der Waals surface area (Å²) in [5.41, 5.74) is 14.5. The van der Waals surface area contributed by atoms with Crippen LogP contribution in [0.3, 0.4) is 0 Å². The van der Waals surface area contributed by atoms with Crippen LogP contribution in [-0.4, -0.2) is 56.9 Å². The molecule has 0 bridgehead atoms. The predicted octanol–water partition coefficient (Wildman–Crippen LogP) is -1.19. The first-order valence-corrected chi connectivity index (χ1v) is 6.86. The fourth-order valence-corrected chi connectivity index (χ4v) is 2.61. The van der Waals surface area contributed by atoms with Crippen LogP contribution in [0, 0.1) is 0 Å². The van der Waals surface area contributed by atoms with Crippen LogP contribution in [-0.2, 0) is 9.59 Å². The largest absolute Gasteiger partial charge is 0.480 e. The standard InChI is InChI=1S/C6H12N2O4S2.CH3NO2/c7-3(5(9)10)1-13-14-2-4(8)6(11)12;2-1(3)4/h3-4H,1-2,7-8H2,(H,9,10)(H,11,12);2H2,(H,3,4)/t3-,4?;/m0./s1. The Morgan fingerprint density at radius 3 is 1.28 bits per heavy atom. The van der Waals surface area contributed by atoms with Gasteiger partial charge in [-0.15, -0.1) is 0 Å². The molecule has 1 unspecified atom stereocenters. The van der Waals surface area contributed by atoms with Crippen LogP contribution in [0.15, 0.2) is 0 Å². The second kappa shape index (κ2) is 11.0. The summed E-state index contributed by atoms with van der Waals surface area (Å²) in [5.74, 6) is -1.68. The number of rotatable bonds is 7. The third-order valence-electron chi connectivity index (χ3n) is 1.21. The highest BCUT2D eigenvalue weighted by molar-refractivity contribution is 8.76. The summed E-state index contributed by atoms with van der Waals surface area (Å²) in [6, 6.07) is -1.85. The Balaban J connectivity index is 0. The molecule has 1 amide bonds. The third kappa shape index (κ3) is 14.8. The smallest absolute Gasteiger partial charge is 0.402 e. The predicted molar refractivity (Wildman–Crippen MR) is 68.4 cm³/mol. The van der Waals surface area contributed by atoms with Gasteiger partial charge in [-0.1, -0.05) is 21.6 Å². The molecule has 0 heterocycles. The van der Waals surface area contributed by atoms with Crippen molar-refractivity contribution in [1.82, 2.24) is 0 Å². The first kappa shape index (κ1) is 19.2. The molecule has 0 saturated carbocycles. The zero-order valence-electron chi connectivity index (χ0n) is 9.18. The monoisotopic (exact) mass is 301 g/mol. The number of carbonyl (C=O) groups is 3. The Kier molecular flexibility index (Phi) is 11.7. The lowest BCUT2D eigenvalue weighted by Gasteiger charge is -2.07. The van der Waals surface area contributed by atoms with Gasteiger partial charge in [0.1, 0.15) is 12.1 Å². The van der Waals surface area contributed by atoms with Crippen molar-refractivity contribution in [3.63, 3.8) is 0 Å². The van der Waals surface area contributed by atoms with E-state index in [2.05, 4.69) is 5.73 Å². The summed E-state index contributed by atoms with van der Waals surface area (Å²) in [6.45, 7) is 0. The second-order valence-corrected chi connectivity index (χ2v) is 5.35. The molecule has 11 heteroatoms. The van der Waals surface area contributed by atoms with Crippen molar-refractivity contribution < 1.29 is 29.7 Å². The van der Waals surface area contributed by atoms with Crippen LogP contribution in [0.1, 0.15) is 0 Å². The summed E-state index contributed by atoms with van der Waals surface area (Å²) in [7, 11) is 2.41. The van der Waals surface area contributed by atoms with E-state index in [1.807, 2.05) is 0 Å². The first-order valence-electron chi connectivity index (χ1n) is 4.38. The Morgan fingerprint density at radius 1 is 0.889 bits per heavy atom. The minimum Gasteiger partial charge on any atom is -0.480 e. The highest BCUT2D eigenvalue weighted by Gasteiger charge is 2.14. The zero-order valence-corrected chi connectivity index (χ0v) is 10.8. The van der Waals surface area contributed by atoms with Gasteiger partial charge in [-0.2, -0.15) is 0 Å². The molecular weight excluding hydrogens is 286 g/mol. The first-order chi connectivity index (χ1) is 8.18. The van der Waals surface area contributed by atoms with Crippen LogP contribution in [0.5, 0.6) is 0 Å². The van der Waals surface area contributed by atoms with Crippen molar-refractivity contribution in [1.29, 1.82) is 0 Å². The van der Waals surface area contributed by atoms with Gasteiger partial charge in [0.2, 0.25) is 0 Å². The molecule has 0 fully saturated rings. The summed E-state index contributed by atoms with van der Waals surface area (Å²) >= 11 is 0. The summed E-state index contributed by atoms with van der Waals surface area (Å²) in [6.07, 6.45) is -1.33. The molecule has 18 heavy (non-hydrogen) atoms. The van der Waals surface area contributed by atoms with Gasteiger partial charge in [-0.3, -0.25) is 9.59 Å². The Bertz CT molecular complexity index is 264. The molecule has 9 nitrogen and oxygen atoms in total. The molecule has 106 valence electrons. The minimum atomic E-state index is -1.33. The number of amides is 1. The molecule has 0 aliphatic carbocycles. The molecule has 0 saturated heterocycles. The number of hydrogen-bond acceptors (Lipinski definition) is 7. The van der Waals surface area contributed by atoms with Crippen molar-refractivity contribution in [2.45, 2.75) is 12.1 Å². The summed E-state index contributed by atoms with van der Waals surface area (Å²) in [4.78, 5) is 29.3. The van der Waals surface area contributed by atoms with Crippen LogP contribution < -0.4 is 17.2 Å². The number of hydrogen-bond donors (Lipinski definition) is 6. The van der Waals surface area contributed by atoms with Crippen LogP contribution in [0.4, 0.5) is 4.79 Å². The van der Waals surface area contributed by atoms with E-state index < -0.39 is 30.1 Å². The molecule has 0 radical (unpaired) electrons. The van der Waals surface area contributed by atoms with Gasteiger partial charge in [-0.05, 0) is 0 Å². The highest BCUT2D eigenvalue weighted by Crippen LogP contribution is 2.22. The molecule has 0 aliphatic heterocycles. The molecular formula is C7H15N3O6S2. The molecule has 0 aromatic rings. The number of carboxylic acids is 2. The molecule has 0 spiro atoms. The van der Waals surface area contributed by atoms with Crippen molar-refractivity contribution in [2.24, 2.45) is 17.2 Å². The van der Waals surface area contributed by atoms with Crippen LogP contribution in [0.25, 0.3) is 0 Å². The Morgan fingerprint density at radius 2 is 1.11 bits per heavy atom. The number of nitrogens with two attached hydrogens (primary N) is 3. The lowest BCUT2D eigenvalue weighted by atomic mass is 10.4. The third-order valence-corrected chi connectivity index (χ3v) is 3.69. The molecule has 0 aromatic heterocycles. The zero-order chi connectivity index (χ0) is 14.7. The molecule has 9 N–H and O–H groups in total. The fourth-order valence-electron chi connectivity index (χ4n) is 0.385. The van der Waals surface area contributed by atoms with E-state index in [0.29, 0.717) is 0 Å². The van der Waals surface area contributed by atoms with Crippen molar-refractivity contribution in [3.8, 4) is 0 Å². The van der Waals surface area contributed by atoms with Gasteiger partial charge >= 0.3 is 18.0 Å². The number of carboxylic acid groups (broad SMARTS) is 3. The van der Waals surface area contributed by atoms with Crippen molar-refractivity contribution >= 4 is 39.6 Å². The number of aliphatic carboxylic acids is 2. The topological polar surface area (TPSA) is 190 Å². The highest BCUT2D eigenvalue weighted by atomic mass is 33.1. The van der Waals surface area contributed by atoms with Gasteiger partial charge in [0.25, 0.3) is 0 Å². The lowest BCUT2D eigenvalue weighted by molar-refractivity contribution is -0.138. The van der Waals surface area contributed by atoms with Gasteiger partial charge in [0.05, 0.1) is 0 Å². The number of primary amides is 1. The van der Waals surface area contributed by atoms with E-state index in [9.17, 15) is 9.59 Å². The van der Waals surface area contributed by atoms with Gasteiger partial charge in [0, 0.05) is 11.5 Å². The van der Waals surface area contributed by atoms with E-state index in [0.717, 1.165) is 0 Å². The normalized spacial score (nSPS) is 12.8. The van der Waals surface area contributed by atoms with E-state index in [-0.39, 0.29) is 11.5 Å². The van der Waals surface area contributed by atoms with Gasteiger partial charge in [-0.25, -0.2) is 4.79 Å². The SMILES string of the molecule is NC(=O)O.NC(CSSC[C@H](N)C(=O)O)C(=O)O. The molecule has 0 aliphatic rings. The van der Waals surface area contributed by atoms with Crippen molar-refractivity contribution in [3.05, 3.63) is 0 Å². The van der Waals surface area contributed by atoms with Crippen molar-refractivity contribution in [2.75, 3.05) is 11.5 Å². The minimum absolute atomic E-state index is 0.229.